The molecule has 0 bridgehead atoms. The van der Waals surface area contributed by atoms with Gasteiger partial charge in [-0.25, -0.2) is 0 Å². The molecular weight excluding hydrogens is 286 g/mol. The fourth-order valence-electron chi connectivity index (χ4n) is 3.05. The zero-order chi connectivity index (χ0) is 16.1. The van der Waals surface area contributed by atoms with E-state index in [1.54, 1.807) is 12.4 Å². The van der Waals surface area contributed by atoms with E-state index in [0.29, 0.717) is 12.2 Å². The zero-order valence-corrected chi connectivity index (χ0v) is 13.6. The van der Waals surface area contributed by atoms with Crippen LogP contribution in [0.1, 0.15) is 42.6 Å². The van der Waals surface area contributed by atoms with E-state index in [4.69, 9.17) is 0 Å². The van der Waals surface area contributed by atoms with Crippen molar-refractivity contribution < 1.29 is 4.79 Å². The number of nitrogens with one attached hydrogen (secondary N) is 1. The minimum Gasteiger partial charge on any atom is -0.350 e. The van der Waals surface area contributed by atoms with E-state index in [1.807, 2.05) is 36.0 Å². The highest BCUT2D eigenvalue weighted by Gasteiger charge is 2.12. The number of amides is 1. The van der Waals surface area contributed by atoms with Crippen molar-refractivity contribution in [1.82, 2.24) is 14.9 Å². The minimum atomic E-state index is -0.00999. The van der Waals surface area contributed by atoms with Crippen LogP contribution in [0.4, 0.5) is 0 Å². The number of aryl methyl sites for hydroxylation is 1. The Kier molecular flexibility index (Phi) is 4.91. The van der Waals surface area contributed by atoms with E-state index < -0.39 is 0 Å². The molecule has 0 atom stereocenters. The number of pyridine rings is 1. The molecule has 0 spiro atoms. The highest BCUT2D eigenvalue weighted by molar-refractivity contribution is 5.94. The molecule has 1 aliphatic carbocycles. The Morgan fingerprint density at radius 3 is 2.83 bits per heavy atom. The van der Waals surface area contributed by atoms with Gasteiger partial charge in [0.1, 0.15) is 5.69 Å². The Bertz CT molecular complexity index is 701. The summed E-state index contributed by atoms with van der Waals surface area (Å²) in [6, 6.07) is 5.84. The molecule has 2 heterocycles. The molecule has 0 unspecified atom stereocenters. The van der Waals surface area contributed by atoms with Gasteiger partial charge >= 0.3 is 0 Å². The van der Waals surface area contributed by atoms with Crippen LogP contribution in [0.25, 0.3) is 11.1 Å². The molecule has 3 rings (SSSR count). The summed E-state index contributed by atoms with van der Waals surface area (Å²) in [5.41, 5.74) is 4.28. The van der Waals surface area contributed by atoms with Gasteiger partial charge in [-0.3, -0.25) is 9.78 Å². The quantitative estimate of drug-likeness (QED) is 0.856. The molecule has 120 valence electrons. The van der Waals surface area contributed by atoms with Crippen molar-refractivity contribution in [2.45, 2.75) is 32.1 Å². The van der Waals surface area contributed by atoms with Crippen LogP contribution in [0.15, 0.2) is 48.4 Å². The molecule has 1 aliphatic rings. The third kappa shape index (κ3) is 3.89. The molecule has 0 saturated heterocycles. The maximum absolute atomic E-state index is 12.4. The van der Waals surface area contributed by atoms with Crippen LogP contribution in [0.2, 0.25) is 0 Å². The minimum absolute atomic E-state index is 0.00999. The van der Waals surface area contributed by atoms with Crippen molar-refractivity contribution in [1.29, 1.82) is 0 Å². The first-order valence-electron chi connectivity index (χ1n) is 8.27. The highest BCUT2D eigenvalue weighted by atomic mass is 16.1. The van der Waals surface area contributed by atoms with Crippen LogP contribution in [-0.2, 0) is 7.05 Å². The summed E-state index contributed by atoms with van der Waals surface area (Å²) < 4.78 is 1.88. The van der Waals surface area contributed by atoms with Gasteiger partial charge in [0, 0.05) is 37.7 Å². The van der Waals surface area contributed by atoms with E-state index in [2.05, 4.69) is 16.4 Å². The average Bonchev–Trinajstić information content (AvgIpc) is 2.98. The van der Waals surface area contributed by atoms with Crippen molar-refractivity contribution in [3.05, 3.63) is 54.1 Å². The van der Waals surface area contributed by atoms with E-state index in [-0.39, 0.29) is 5.91 Å². The first-order chi connectivity index (χ1) is 11.2. The summed E-state index contributed by atoms with van der Waals surface area (Å²) >= 11 is 0. The van der Waals surface area contributed by atoms with Gasteiger partial charge in [-0.1, -0.05) is 11.6 Å². The lowest BCUT2D eigenvalue weighted by Crippen LogP contribution is -2.26. The Morgan fingerprint density at radius 2 is 2.09 bits per heavy atom. The molecule has 0 fully saturated rings. The predicted molar refractivity (Wildman–Crippen MR) is 92.1 cm³/mol. The molecular formula is C19H23N3O. The number of carbonyl (C=O) groups is 1. The molecule has 2 aromatic rings. The summed E-state index contributed by atoms with van der Waals surface area (Å²) in [5.74, 6) is -0.00999. The summed E-state index contributed by atoms with van der Waals surface area (Å²) in [6.07, 6.45) is 13.8. The number of hydrogen-bond donors (Lipinski definition) is 1. The monoisotopic (exact) mass is 309 g/mol. The lowest BCUT2D eigenvalue weighted by molar-refractivity contribution is 0.0946. The van der Waals surface area contributed by atoms with Crippen molar-refractivity contribution in [2.24, 2.45) is 7.05 Å². The standard InChI is InChI=1S/C19H23N3O/c1-22-14-17(16-8-10-20-11-9-16)13-18(22)19(23)21-12-7-15-5-3-2-4-6-15/h5,8-11,13-14H,2-4,6-7,12H2,1H3,(H,21,23). The number of hydrogen-bond acceptors (Lipinski definition) is 2. The van der Waals surface area contributed by atoms with Crippen LogP contribution < -0.4 is 5.32 Å². The van der Waals surface area contributed by atoms with Crippen molar-refractivity contribution >= 4 is 5.91 Å². The lowest BCUT2D eigenvalue weighted by atomic mass is 9.97. The number of aromatic nitrogens is 2. The molecule has 23 heavy (non-hydrogen) atoms. The van der Waals surface area contributed by atoms with Gasteiger partial charge < -0.3 is 9.88 Å². The van der Waals surface area contributed by atoms with Crippen LogP contribution in [0.5, 0.6) is 0 Å². The maximum Gasteiger partial charge on any atom is 0.267 e. The molecule has 0 aliphatic heterocycles. The summed E-state index contributed by atoms with van der Waals surface area (Å²) in [7, 11) is 1.91. The fraction of sp³-hybridized carbons (Fsp3) is 0.368. The van der Waals surface area contributed by atoms with Gasteiger partial charge in [0.25, 0.3) is 5.91 Å². The van der Waals surface area contributed by atoms with Crippen molar-refractivity contribution in [2.75, 3.05) is 6.54 Å². The van der Waals surface area contributed by atoms with Crippen molar-refractivity contribution in [3.8, 4) is 11.1 Å². The number of nitrogens with zero attached hydrogens (tertiary/aromatic N) is 2. The Labute approximate surface area is 137 Å². The molecule has 0 radical (unpaired) electrons. The maximum atomic E-state index is 12.4. The predicted octanol–water partition coefficient (Wildman–Crippen LogP) is 3.71. The second-order valence-electron chi connectivity index (χ2n) is 6.07. The van der Waals surface area contributed by atoms with E-state index in [9.17, 15) is 4.79 Å². The molecule has 2 aromatic heterocycles. The van der Waals surface area contributed by atoms with Gasteiger partial charge in [-0.05, 0) is 55.9 Å². The highest BCUT2D eigenvalue weighted by Crippen LogP contribution is 2.21. The van der Waals surface area contributed by atoms with Gasteiger partial charge in [-0.2, -0.15) is 0 Å². The fourth-order valence-corrected chi connectivity index (χ4v) is 3.05. The summed E-state index contributed by atoms with van der Waals surface area (Å²) in [5, 5.41) is 3.04. The Balaban J connectivity index is 1.61. The molecule has 0 aromatic carbocycles. The second-order valence-corrected chi connectivity index (χ2v) is 6.07. The normalized spacial score (nSPS) is 14.4. The van der Waals surface area contributed by atoms with Crippen LogP contribution in [0.3, 0.4) is 0 Å². The van der Waals surface area contributed by atoms with Gasteiger partial charge in [-0.15, -0.1) is 0 Å². The molecule has 4 nitrogen and oxygen atoms in total. The third-order valence-corrected chi connectivity index (χ3v) is 4.37. The Hall–Kier alpha value is -2.36. The van der Waals surface area contributed by atoms with Gasteiger partial charge in [0.15, 0.2) is 0 Å². The topological polar surface area (TPSA) is 46.9 Å². The molecule has 1 N–H and O–H groups in total. The molecule has 0 saturated carbocycles. The van der Waals surface area contributed by atoms with Crippen LogP contribution >= 0.6 is 0 Å². The average molecular weight is 309 g/mol. The lowest BCUT2D eigenvalue weighted by Gasteiger charge is -2.13. The SMILES string of the molecule is Cn1cc(-c2ccncc2)cc1C(=O)NCCC1=CCCCC1. The summed E-state index contributed by atoms with van der Waals surface area (Å²) in [6.45, 7) is 0.709. The number of rotatable bonds is 5. The van der Waals surface area contributed by atoms with Gasteiger partial charge in [0.2, 0.25) is 0 Å². The Morgan fingerprint density at radius 1 is 1.26 bits per heavy atom. The number of allylic oxidation sites excluding steroid dienone is 1. The van der Waals surface area contributed by atoms with E-state index in [1.165, 1.54) is 31.3 Å². The van der Waals surface area contributed by atoms with E-state index in [0.717, 1.165) is 17.5 Å². The molecule has 4 heteroatoms. The first kappa shape index (κ1) is 15.5. The van der Waals surface area contributed by atoms with Crippen LogP contribution in [-0.4, -0.2) is 22.0 Å². The van der Waals surface area contributed by atoms with E-state index >= 15 is 0 Å². The van der Waals surface area contributed by atoms with Gasteiger partial charge in [0.05, 0.1) is 0 Å². The summed E-state index contributed by atoms with van der Waals surface area (Å²) in [4.78, 5) is 16.4. The molecule has 1 amide bonds. The smallest absolute Gasteiger partial charge is 0.267 e. The zero-order valence-electron chi connectivity index (χ0n) is 13.6. The third-order valence-electron chi connectivity index (χ3n) is 4.37. The van der Waals surface area contributed by atoms with Crippen molar-refractivity contribution in [3.63, 3.8) is 0 Å². The second kappa shape index (κ2) is 7.27. The van der Waals surface area contributed by atoms with Crippen LogP contribution in [0, 0.1) is 0 Å². The number of carbonyl (C=O) groups excluding carboxylic acids is 1. The largest absolute Gasteiger partial charge is 0.350 e. The first-order valence-corrected chi connectivity index (χ1v) is 8.27.